The van der Waals surface area contributed by atoms with E-state index in [2.05, 4.69) is 5.16 Å². The number of hydrogen-bond acceptors (Lipinski definition) is 3. The fraction of sp³-hybridized carbons (Fsp3) is 0.0909. The normalized spacial score (nSPS) is 10.2. The van der Waals surface area contributed by atoms with E-state index in [1.165, 1.54) is 6.20 Å². The van der Waals surface area contributed by atoms with Crippen LogP contribution in [-0.2, 0) is 6.42 Å². The molecule has 0 fully saturated rings. The molecule has 1 heterocycles. The zero-order chi connectivity index (χ0) is 10.7. The third kappa shape index (κ3) is 2.25. The highest BCUT2D eigenvalue weighted by atomic mass is 35.5. The van der Waals surface area contributed by atoms with E-state index in [9.17, 15) is 4.79 Å². The van der Waals surface area contributed by atoms with Crippen LogP contribution in [0.4, 0.5) is 0 Å². The van der Waals surface area contributed by atoms with Gasteiger partial charge in [0, 0.05) is 11.6 Å². The minimum atomic E-state index is -0.0719. The SMILES string of the molecule is O=C(Cc1ccno1)c1ccccc1Cl. The molecule has 0 aliphatic heterocycles. The molecule has 0 spiro atoms. The summed E-state index contributed by atoms with van der Waals surface area (Å²) in [6, 6.07) is 8.61. The lowest BCUT2D eigenvalue weighted by Crippen LogP contribution is -2.03. The van der Waals surface area contributed by atoms with Crippen LogP contribution in [0.15, 0.2) is 41.1 Å². The van der Waals surface area contributed by atoms with Crippen LogP contribution in [0.1, 0.15) is 16.1 Å². The van der Waals surface area contributed by atoms with E-state index in [0.717, 1.165) is 0 Å². The zero-order valence-electron chi connectivity index (χ0n) is 7.81. The monoisotopic (exact) mass is 221 g/mol. The zero-order valence-corrected chi connectivity index (χ0v) is 8.57. The van der Waals surface area contributed by atoms with E-state index in [1.807, 2.05) is 0 Å². The summed E-state index contributed by atoms with van der Waals surface area (Å²) in [5.41, 5.74) is 0.510. The summed E-state index contributed by atoms with van der Waals surface area (Å²) < 4.78 is 4.85. The maximum Gasteiger partial charge on any atom is 0.172 e. The quantitative estimate of drug-likeness (QED) is 0.749. The van der Waals surface area contributed by atoms with E-state index in [4.69, 9.17) is 16.1 Å². The van der Waals surface area contributed by atoms with Crippen molar-refractivity contribution in [2.45, 2.75) is 6.42 Å². The number of hydrogen-bond donors (Lipinski definition) is 0. The van der Waals surface area contributed by atoms with Gasteiger partial charge in [-0.15, -0.1) is 0 Å². The molecule has 0 atom stereocenters. The first-order valence-electron chi connectivity index (χ1n) is 4.44. The third-order valence-electron chi connectivity index (χ3n) is 2.00. The smallest absolute Gasteiger partial charge is 0.172 e. The molecule has 0 aliphatic rings. The summed E-state index contributed by atoms with van der Waals surface area (Å²) in [5, 5.41) is 3.99. The Balaban J connectivity index is 2.19. The Morgan fingerprint density at radius 1 is 1.33 bits per heavy atom. The average molecular weight is 222 g/mol. The Morgan fingerprint density at radius 2 is 2.13 bits per heavy atom. The van der Waals surface area contributed by atoms with Gasteiger partial charge in [0.15, 0.2) is 5.78 Å². The van der Waals surface area contributed by atoms with Crippen LogP contribution in [0.3, 0.4) is 0 Å². The molecule has 4 heteroatoms. The van der Waals surface area contributed by atoms with Gasteiger partial charge in [-0.1, -0.05) is 28.9 Å². The van der Waals surface area contributed by atoms with Crippen LogP contribution in [-0.4, -0.2) is 10.9 Å². The summed E-state index contributed by atoms with van der Waals surface area (Å²) in [6.45, 7) is 0. The second kappa shape index (κ2) is 4.28. The predicted molar refractivity (Wildman–Crippen MR) is 56.0 cm³/mol. The minimum Gasteiger partial charge on any atom is -0.361 e. The van der Waals surface area contributed by atoms with Crippen molar-refractivity contribution < 1.29 is 9.32 Å². The molecule has 3 nitrogen and oxygen atoms in total. The molecule has 0 saturated heterocycles. The molecule has 2 aromatic rings. The maximum absolute atomic E-state index is 11.8. The van der Waals surface area contributed by atoms with Gasteiger partial charge in [-0.2, -0.15) is 0 Å². The molecule has 0 saturated carbocycles. The molecule has 2 rings (SSSR count). The van der Waals surface area contributed by atoms with E-state index in [-0.39, 0.29) is 12.2 Å². The molecule has 0 unspecified atom stereocenters. The van der Waals surface area contributed by atoms with Gasteiger partial charge in [-0.3, -0.25) is 4.79 Å². The highest BCUT2D eigenvalue weighted by molar-refractivity contribution is 6.34. The fourth-order valence-corrected chi connectivity index (χ4v) is 1.52. The van der Waals surface area contributed by atoms with Crippen LogP contribution in [0, 0.1) is 0 Å². The van der Waals surface area contributed by atoms with Gasteiger partial charge >= 0.3 is 0 Å². The number of benzene rings is 1. The largest absolute Gasteiger partial charge is 0.361 e. The molecule has 15 heavy (non-hydrogen) atoms. The lowest BCUT2D eigenvalue weighted by molar-refractivity contribution is 0.0985. The first-order chi connectivity index (χ1) is 7.27. The van der Waals surface area contributed by atoms with Gasteiger partial charge in [0.05, 0.1) is 17.6 Å². The third-order valence-corrected chi connectivity index (χ3v) is 2.33. The van der Waals surface area contributed by atoms with Gasteiger partial charge < -0.3 is 4.52 Å². The number of rotatable bonds is 3. The van der Waals surface area contributed by atoms with Crippen molar-refractivity contribution in [3.8, 4) is 0 Å². The second-order valence-corrected chi connectivity index (χ2v) is 3.47. The average Bonchev–Trinajstić information content (AvgIpc) is 2.71. The van der Waals surface area contributed by atoms with Gasteiger partial charge in [0.1, 0.15) is 5.76 Å². The Labute approximate surface area is 91.6 Å². The molecule has 0 bridgehead atoms. The van der Waals surface area contributed by atoms with Crippen LogP contribution < -0.4 is 0 Å². The van der Waals surface area contributed by atoms with Crippen LogP contribution >= 0.6 is 11.6 Å². The standard InChI is InChI=1S/C11H8ClNO2/c12-10-4-2-1-3-9(10)11(14)7-8-5-6-13-15-8/h1-6H,7H2. The van der Waals surface area contributed by atoms with E-state index < -0.39 is 0 Å². The van der Waals surface area contributed by atoms with Crippen LogP contribution in [0.5, 0.6) is 0 Å². The molecule has 0 N–H and O–H groups in total. The lowest BCUT2D eigenvalue weighted by Gasteiger charge is -2.00. The van der Waals surface area contributed by atoms with Gasteiger partial charge in [0.2, 0.25) is 0 Å². The first-order valence-corrected chi connectivity index (χ1v) is 4.82. The fourth-order valence-electron chi connectivity index (χ4n) is 1.27. The number of carbonyl (C=O) groups is 1. The van der Waals surface area contributed by atoms with Crippen molar-refractivity contribution in [3.63, 3.8) is 0 Å². The number of ketones is 1. The highest BCUT2D eigenvalue weighted by Gasteiger charge is 2.12. The van der Waals surface area contributed by atoms with Crippen molar-refractivity contribution in [3.05, 3.63) is 52.9 Å². The van der Waals surface area contributed by atoms with Gasteiger partial charge in [-0.05, 0) is 12.1 Å². The van der Waals surface area contributed by atoms with Crippen molar-refractivity contribution >= 4 is 17.4 Å². The van der Waals surface area contributed by atoms with E-state index in [1.54, 1.807) is 30.3 Å². The molecule has 76 valence electrons. The Hall–Kier alpha value is -1.61. The minimum absolute atomic E-state index is 0.0719. The van der Waals surface area contributed by atoms with Gasteiger partial charge in [0.25, 0.3) is 0 Å². The van der Waals surface area contributed by atoms with Crippen LogP contribution in [0.2, 0.25) is 5.02 Å². The number of halogens is 1. The van der Waals surface area contributed by atoms with Crippen molar-refractivity contribution in [2.75, 3.05) is 0 Å². The topological polar surface area (TPSA) is 43.1 Å². The maximum atomic E-state index is 11.8. The Morgan fingerprint density at radius 3 is 2.80 bits per heavy atom. The van der Waals surface area contributed by atoms with Gasteiger partial charge in [-0.25, -0.2) is 0 Å². The van der Waals surface area contributed by atoms with Crippen molar-refractivity contribution in [1.29, 1.82) is 0 Å². The molecule has 0 amide bonds. The van der Waals surface area contributed by atoms with E-state index in [0.29, 0.717) is 16.3 Å². The summed E-state index contributed by atoms with van der Waals surface area (Å²) >= 11 is 5.89. The summed E-state index contributed by atoms with van der Waals surface area (Å²) in [6.07, 6.45) is 1.69. The molecule has 1 aromatic heterocycles. The molecule has 0 aliphatic carbocycles. The van der Waals surface area contributed by atoms with Crippen molar-refractivity contribution in [2.24, 2.45) is 0 Å². The predicted octanol–water partition coefficient (Wildman–Crippen LogP) is 2.75. The second-order valence-electron chi connectivity index (χ2n) is 3.06. The Kier molecular flexibility index (Phi) is 2.83. The number of carbonyl (C=O) groups excluding carboxylic acids is 1. The van der Waals surface area contributed by atoms with Crippen molar-refractivity contribution in [1.82, 2.24) is 5.16 Å². The summed E-state index contributed by atoms with van der Waals surface area (Å²) in [4.78, 5) is 11.8. The first kappa shape index (κ1) is 9.93. The number of aromatic nitrogens is 1. The number of nitrogens with zero attached hydrogens (tertiary/aromatic N) is 1. The Bertz CT molecular complexity index is 465. The van der Waals surface area contributed by atoms with Crippen LogP contribution in [0.25, 0.3) is 0 Å². The molecule has 0 radical (unpaired) electrons. The highest BCUT2D eigenvalue weighted by Crippen LogP contribution is 2.17. The summed E-state index contributed by atoms with van der Waals surface area (Å²) in [5.74, 6) is 0.470. The summed E-state index contributed by atoms with van der Waals surface area (Å²) in [7, 11) is 0. The van der Waals surface area contributed by atoms with E-state index >= 15 is 0 Å². The number of Topliss-reactive ketones (excluding diaryl/α,β-unsaturated/α-hetero) is 1. The molecular formula is C11H8ClNO2. The lowest BCUT2D eigenvalue weighted by atomic mass is 10.1. The molecule has 1 aromatic carbocycles. The molecular weight excluding hydrogens is 214 g/mol.